The average molecular weight is 171 g/mol. The summed E-state index contributed by atoms with van der Waals surface area (Å²) in [6, 6.07) is 5.58. The Morgan fingerprint density at radius 1 is 1.46 bits per heavy atom. The summed E-state index contributed by atoms with van der Waals surface area (Å²) in [5, 5.41) is 18.0. The summed E-state index contributed by atoms with van der Waals surface area (Å²) in [7, 11) is 0. The van der Waals surface area contributed by atoms with E-state index in [-0.39, 0.29) is 5.75 Å². The fourth-order valence-electron chi connectivity index (χ4n) is 1.71. The molecule has 0 atom stereocenters. The van der Waals surface area contributed by atoms with Crippen LogP contribution in [0.15, 0.2) is 17.7 Å². The summed E-state index contributed by atoms with van der Waals surface area (Å²) in [5.74, 6) is 0.281. The van der Waals surface area contributed by atoms with Crippen LogP contribution in [0.1, 0.15) is 16.7 Å². The Kier molecular flexibility index (Phi) is 1.60. The maximum Gasteiger partial charge on any atom is 0.116 e. The molecule has 0 bridgehead atoms. The SMILES string of the molecule is Cc1cc(O)cc2c1C=C(C#N)C2. The number of rotatable bonds is 0. The van der Waals surface area contributed by atoms with Crippen molar-refractivity contribution in [2.24, 2.45) is 0 Å². The van der Waals surface area contributed by atoms with Gasteiger partial charge in [0.25, 0.3) is 0 Å². The molecule has 1 aromatic rings. The molecule has 13 heavy (non-hydrogen) atoms. The summed E-state index contributed by atoms with van der Waals surface area (Å²) in [6.07, 6.45) is 2.55. The third kappa shape index (κ3) is 1.19. The zero-order chi connectivity index (χ0) is 9.42. The smallest absolute Gasteiger partial charge is 0.116 e. The van der Waals surface area contributed by atoms with E-state index in [0.29, 0.717) is 6.42 Å². The Morgan fingerprint density at radius 3 is 2.92 bits per heavy atom. The number of hydrogen-bond acceptors (Lipinski definition) is 2. The third-order valence-corrected chi connectivity index (χ3v) is 2.30. The van der Waals surface area contributed by atoms with E-state index in [9.17, 15) is 5.11 Å². The van der Waals surface area contributed by atoms with E-state index in [0.717, 1.165) is 22.3 Å². The fourth-order valence-corrected chi connectivity index (χ4v) is 1.71. The summed E-state index contributed by atoms with van der Waals surface area (Å²) in [5.41, 5.74) is 3.94. The van der Waals surface area contributed by atoms with Crippen LogP contribution in [0.3, 0.4) is 0 Å². The number of phenolic OH excluding ortho intramolecular Hbond substituents is 1. The maximum absolute atomic E-state index is 9.33. The Balaban J connectivity index is 2.58. The van der Waals surface area contributed by atoms with E-state index >= 15 is 0 Å². The highest BCUT2D eigenvalue weighted by atomic mass is 16.3. The van der Waals surface area contributed by atoms with Crippen molar-refractivity contribution < 1.29 is 5.11 Å². The Labute approximate surface area is 76.7 Å². The van der Waals surface area contributed by atoms with Crippen LogP contribution in [0.25, 0.3) is 6.08 Å². The van der Waals surface area contributed by atoms with Crippen molar-refractivity contribution in [3.8, 4) is 11.8 Å². The van der Waals surface area contributed by atoms with Crippen LogP contribution >= 0.6 is 0 Å². The van der Waals surface area contributed by atoms with Crippen LogP contribution in [-0.2, 0) is 6.42 Å². The molecular formula is C11H9NO. The standard InChI is InChI=1S/C11H9NO/c1-7-2-10(13)5-9-3-8(6-12)4-11(7)9/h2,4-5,13H,3H2,1H3. The molecule has 1 aromatic carbocycles. The van der Waals surface area contributed by atoms with Crippen molar-refractivity contribution in [1.82, 2.24) is 0 Å². The number of allylic oxidation sites excluding steroid dienone is 1. The van der Waals surface area contributed by atoms with Crippen LogP contribution in [0.4, 0.5) is 0 Å². The van der Waals surface area contributed by atoms with Gasteiger partial charge in [0.15, 0.2) is 0 Å². The molecule has 0 amide bonds. The third-order valence-electron chi connectivity index (χ3n) is 2.30. The molecule has 2 rings (SSSR count). The van der Waals surface area contributed by atoms with E-state index in [1.54, 1.807) is 12.1 Å². The first-order chi connectivity index (χ1) is 6.20. The lowest BCUT2D eigenvalue weighted by Crippen LogP contribution is -1.86. The monoisotopic (exact) mass is 171 g/mol. The largest absolute Gasteiger partial charge is 0.508 e. The predicted octanol–water partition coefficient (Wildman–Crippen LogP) is 2.16. The topological polar surface area (TPSA) is 44.0 Å². The molecule has 1 N–H and O–H groups in total. The van der Waals surface area contributed by atoms with Gasteiger partial charge in [0.2, 0.25) is 0 Å². The molecule has 0 aliphatic heterocycles. The lowest BCUT2D eigenvalue weighted by molar-refractivity contribution is 0.474. The summed E-state index contributed by atoms with van der Waals surface area (Å²) in [4.78, 5) is 0. The van der Waals surface area contributed by atoms with Crippen LogP contribution in [-0.4, -0.2) is 5.11 Å². The van der Waals surface area contributed by atoms with E-state index in [1.165, 1.54) is 0 Å². The number of fused-ring (bicyclic) bond motifs is 1. The van der Waals surface area contributed by atoms with Crippen molar-refractivity contribution in [2.45, 2.75) is 13.3 Å². The first-order valence-corrected chi connectivity index (χ1v) is 4.14. The van der Waals surface area contributed by atoms with E-state index in [1.807, 2.05) is 13.0 Å². The summed E-state index contributed by atoms with van der Waals surface area (Å²) in [6.45, 7) is 1.94. The first kappa shape index (κ1) is 7.88. The Hall–Kier alpha value is -1.75. The van der Waals surface area contributed by atoms with Gasteiger partial charge in [-0.2, -0.15) is 5.26 Å². The molecule has 0 fully saturated rings. The molecule has 2 heteroatoms. The molecule has 0 unspecified atom stereocenters. The Morgan fingerprint density at radius 2 is 2.23 bits per heavy atom. The van der Waals surface area contributed by atoms with Gasteiger partial charge in [-0.15, -0.1) is 0 Å². The number of phenols is 1. The van der Waals surface area contributed by atoms with Gasteiger partial charge in [-0.05, 0) is 41.8 Å². The van der Waals surface area contributed by atoms with Gasteiger partial charge in [0.1, 0.15) is 5.75 Å². The van der Waals surface area contributed by atoms with Crippen LogP contribution in [0.5, 0.6) is 5.75 Å². The van der Waals surface area contributed by atoms with Gasteiger partial charge in [0, 0.05) is 12.0 Å². The molecule has 0 saturated carbocycles. The molecule has 0 heterocycles. The number of aromatic hydroxyl groups is 1. The van der Waals surface area contributed by atoms with Crippen molar-refractivity contribution in [1.29, 1.82) is 5.26 Å². The lowest BCUT2D eigenvalue weighted by Gasteiger charge is -2.03. The molecule has 1 aliphatic rings. The minimum Gasteiger partial charge on any atom is -0.508 e. The molecule has 64 valence electrons. The minimum absolute atomic E-state index is 0.281. The highest BCUT2D eigenvalue weighted by molar-refractivity contribution is 5.70. The molecule has 1 aliphatic carbocycles. The predicted molar refractivity (Wildman–Crippen MR) is 50.1 cm³/mol. The Bertz CT molecular complexity index is 438. The van der Waals surface area contributed by atoms with Crippen LogP contribution < -0.4 is 0 Å². The van der Waals surface area contributed by atoms with E-state index in [4.69, 9.17) is 5.26 Å². The van der Waals surface area contributed by atoms with Crippen molar-refractivity contribution in [2.75, 3.05) is 0 Å². The van der Waals surface area contributed by atoms with Crippen molar-refractivity contribution in [3.63, 3.8) is 0 Å². The average Bonchev–Trinajstić information content (AvgIpc) is 2.47. The number of aryl methyl sites for hydroxylation is 1. The summed E-state index contributed by atoms with van der Waals surface area (Å²) >= 11 is 0. The normalized spacial score (nSPS) is 13.4. The van der Waals surface area contributed by atoms with Gasteiger partial charge in [0.05, 0.1) is 6.07 Å². The van der Waals surface area contributed by atoms with Gasteiger partial charge < -0.3 is 5.11 Å². The number of hydrogen-bond donors (Lipinski definition) is 1. The highest BCUT2D eigenvalue weighted by Gasteiger charge is 2.14. The van der Waals surface area contributed by atoms with Crippen LogP contribution in [0.2, 0.25) is 0 Å². The first-order valence-electron chi connectivity index (χ1n) is 4.14. The van der Waals surface area contributed by atoms with Gasteiger partial charge in [-0.1, -0.05) is 0 Å². The van der Waals surface area contributed by atoms with Crippen molar-refractivity contribution in [3.05, 3.63) is 34.4 Å². The second-order valence-corrected chi connectivity index (χ2v) is 3.29. The highest BCUT2D eigenvalue weighted by Crippen LogP contribution is 2.30. The number of nitrogens with zero attached hydrogens (tertiary/aromatic N) is 1. The quantitative estimate of drug-likeness (QED) is 0.650. The molecule has 0 aromatic heterocycles. The fraction of sp³-hybridized carbons (Fsp3) is 0.182. The summed E-state index contributed by atoms with van der Waals surface area (Å²) < 4.78 is 0. The molecule has 0 radical (unpaired) electrons. The molecule has 2 nitrogen and oxygen atoms in total. The zero-order valence-corrected chi connectivity index (χ0v) is 7.33. The second-order valence-electron chi connectivity index (χ2n) is 3.29. The van der Waals surface area contributed by atoms with Crippen molar-refractivity contribution >= 4 is 6.08 Å². The maximum atomic E-state index is 9.33. The van der Waals surface area contributed by atoms with Gasteiger partial charge >= 0.3 is 0 Å². The molecule has 0 spiro atoms. The second kappa shape index (κ2) is 2.63. The number of benzene rings is 1. The van der Waals surface area contributed by atoms with Gasteiger partial charge in [-0.25, -0.2) is 0 Å². The molecule has 0 saturated heterocycles. The minimum atomic E-state index is 0.281. The molecular weight excluding hydrogens is 162 g/mol. The van der Waals surface area contributed by atoms with Crippen LogP contribution in [0, 0.1) is 18.3 Å². The zero-order valence-electron chi connectivity index (χ0n) is 7.33. The van der Waals surface area contributed by atoms with Gasteiger partial charge in [-0.3, -0.25) is 0 Å². The van der Waals surface area contributed by atoms with E-state index < -0.39 is 0 Å². The van der Waals surface area contributed by atoms with E-state index in [2.05, 4.69) is 6.07 Å². The number of nitriles is 1. The lowest BCUT2D eigenvalue weighted by atomic mass is 10.0.